The number of hydrogen-bond acceptors (Lipinski definition) is 2. The van der Waals surface area contributed by atoms with E-state index in [1.165, 1.54) is 19.3 Å². The van der Waals surface area contributed by atoms with Gasteiger partial charge in [0.05, 0.1) is 19.3 Å². The highest BCUT2D eigenvalue weighted by Crippen LogP contribution is 2.25. The van der Waals surface area contributed by atoms with Gasteiger partial charge in [0.15, 0.2) is 0 Å². The van der Waals surface area contributed by atoms with Crippen molar-refractivity contribution < 1.29 is 14.8 Å². The third-order valence-corrected chi connectivity index (χ3v) is 3.77. The van der Waals surface area contributed by atoms with Crippen LogP contribution in [0.4, 0.5) is 16.2 Å². The molecule has 0 saturated carbocycles. The molecule has 1 unspecified atom stereocenters. The van der Waals surface area contributed by atoms with Crippen LogP contribution in [0.3, 0.4) is 0 Å². The molecule has 0 aliphatic carbocycles. The van der Waals surface area contributed by atoms with Gasteiger partial charge < -0.3 is 10.1 Å². The molecular weight excluding hydrogens is 252 g/mol. The average molecular weight is 277 g/mol. The van der Waals surface area contributed by atoms with Crippen molar-refractivity contribution in [1.82, 2.24) is 0 Å². The van der Waals surface area contributed by atoms with Gasteiger partial charge >= 0.3 is 6.09 Å². The van der Waals surface area contributed by atoms with Crippen molar-refractivity contribution in [3.63, 3.8) is 0 Å². The van der Waals surface area contributed by atoms with Gasteiger partial charge in [0.25, 0.3) is 0 Å². The van der Waals surface area contributed by atoms with Crippen molar-refractivity contribution in [2.24, 2.45) is 0 Å². The van der Waals surface area contributed by atoms with Gasteiger partial charge in [0, 0.05) is 6.07 Å². The number of carbonyl (C=O) groups excluding carboxylic acids is 1. The molecule has 20 heavy (non-hydrogen) atoms. The second-order valence-corrected chi connectivity index (χ2v) is 5.35. The molecule has 1 saturated heterocycles. The Bertz CT molecular complexity index is 448. The molecule has 1 aliphatic rings. The average Bonchev–Trinajstić information content (AvgIpc) is 2.85. The largest absolute Gasteiger partial charge is 0.444 e. The molecule has 110 valence electrons. The fourth-order valence-corrected chi connectivity index (χ4v) is 2.55. The number of quaternary nitrogens is 1. The highest BCUT2D eigenvalue weighted by molar-refractivity contribution is 5.90. The van der Waals surface area contributed by atoms with Gasteiger partial charge in [-0.3, -0.25) is 4.90 Å². The second kappa shape index (κ2) is 7.29. The van der Waals surface area contributed by atoms with Crippen LogP contribution in [0, 0.1) is 0 Å². The highest BCUT2D eigenvalue weighted by atomic mass is 16.6. The topological polar surface area (TPSA) is 46.2 Å². The third-order valence-electron chi connectivity index (χ3n) is 3.77. The SMILES string of the molecule is CCCCCCC1CN(c2cccc([NH2+]C)c2)C(=O)O1. The van der Waals surface area contributed by atoms with Crippen molar-refractivity contribution in [3.05, 3.63) is 24.3 Å². The van der Waals surface area contributed by atoms with E-state index in [2.05, 4.69) is 6.92 Å². The van der Waals surface area contributed by atoms with E-state index in [0.717, 1.165) is 24.2 Å². The molecule has 2 rings (SSSR count). The Morgan fingerprint density at radius 2 is 2.20 bits per heavy atom. The van der Waals surface area contributed by atoms with Crippen LogP contribution in [-0.4, -0.2) is 25.8 Å². The second-order valence-electron chi connectivity index (χ2n) is 5.35. The maximum Gasteiger partial charge on any atom is 0.414 e. The maximum atomic E-state index is 12.0. The van der Waals surface area contributed by atoms with Gasteiger partial charge in [0.2, 0.25) is 0 Å². The zero-order chi connectivity index (χ0) is 14.4. The van der Waals surface area contributed by atoms with Gasteiger partial charge in [-0.1, -0.05) is 32.3 Å². The number of carbonyl (C=O) groups is 1. The molecule has 0 spiro atoms. The molecule has 1 fully saturated rings. The first kappa shape index (κ1) is 14.9. The first-order chi connectivity index (χ1) is 9.74. The number of rotatable bonds is 7. The Morgan fingerprint density at radius 3 is 2.95 bits per heavy atom. The number of nitrogens with zero attached hydrogens (tertiary/aromatic N) is 1. The van der Waals surface area contributed by atoms with E-state index in [-0.39, 0.29) is 12.2 Å². The molecule has 4 heteroatoms. The van der Waals surface area contributed by atoms with E-state index in [9.17, 15) is 4.79 Å². The summed E-state index contributed by atoms with van der Waals surface area (Å²) in [4.78, 5) is 13.7. The number of anilines is 1. The van der Waals surface area contributed by atoms with Crippen LogP contribution in [0.25, 0.3) is 0 Å². The van der Waals surface area contributed by atoms with Crippen LogP contribution < -0.4 is 10.2 Å². The Balaban J connectivity index is 1.91. The van der Waals surface area contributed by atoms with Crippen LogP contribution in [-0.2, 0) is 4.74 Å². The number of nitrogens with two attached hydrogens (primary N) is 1. The molecule has 1 aliphatic heterocycles. The molecular formula is C16H25N2O2+. The van der Waals surface area contributed by atoms with E-state index in [1.807, 2.05) is 36.6 Å². The van der Waals surface area contributed by atoms with Gasteiger partial charge in [-0.25, -0.2) is 4.79 Å². The molecule has 1 heterocycles. The molecule has 1 amide bonds. The van der Waals surface area contributed by atoms with Crippen LogP contribution in [0.15, 0.2) is 24.3 Å². The van der Waals surface area contributed by atoms with Gasteiger partial charge in [-0.2, -0.15) is 0 Å². The Morgan fingerprint density at radius 1 is 1.35 bits per heavy atom. The molecule has 0 aromatic heterocycles. The lowest BCUT2D eigenvalue weighted by atomic mass is 10.1. The van der Waals surface area contributed by atoms with E-state index < -0.39 is 0 Å². The number of hydrogen-bond donors (Lipinski definition) is 1. The van der Waals surface area contributed by atoms with Crippen molar-refractivity contribution in [1.29, 1.82) is 0 Å². The smallest absolute Gasteiger partial charge is 0.414 e. The molecule has 1 aromatic rings. The summed E-state index contributed by atoms with van der Waals surface area (Å²) in [7, 11) is 2.00. The molecule has 4 nitrogen and oxygen atoms in total. The van der Waals surface area contributed by atoms with Crippen molar-refractivity contribution in [2.45, 2.75) is 45.1 Å². The molecule has 1 aromatic carbocycles. The minimum Gasteiger partial charge on any atom is -0.444 e. The van der Waals surface area contributed by atoms with Crippen LogP contribution >= 0.6 is 0 Å². The van der Waals surface area contributed by atoms with Crippen LogP contribution in [0.2, 0.25) is 0 Å². The lowest BCUT2D eigenvalue weighted by Crippen LogP contribution is -2.72. The third kappa shape index (κ3) is 3.73. The lowest BCUT2D eigenvalue weighted by molar-refractivity contribution is -0.539. The summed E-state index contributed by atoms with van der Waals surface area (Å²) < 4.78 is 5.46. The first-order valence-corrected chi connectivity index (χ1v) is 7.62. The summed E-state index contributed by atoms with van der Waals surface area (Å²) in [5.74, 6) is 0. The summed E-state index contributed by atoms with van der Waals surface area (Å²) in [6.45, 7) is 2.88. The maximum absolute atomic E-state index is 12.0. The summed E-state index contributed by atoms with van der Waals surface area (Å²) >= 11 is 0. The molecule has 0 radical (unpaired) electrons. The fourth-order valence-electron chi connectivity index (χ4n) is 2.55. The van der Waals surface area contributed by atoms with Crippen LogP contribution in [0.5, 0.6) is 0 Å². The first-order valence-electron chi connectivity index (χ1n) is 7.62. The zero-order valence-corrected chi connectivity index (χ0v) is 12.5. The zero-order valence-electron chi connectivity index (χ0n) is 12.5. The summed E-state index contributed by atoms with van der Waals surface area (Å²) in [6.07, 6.45) is 5.68. The predicted octanol–water partition coefficient (Wildman–Crippen LogP) is 2.81. The van der Waals surface area contributed by atoms with Crippen molar-refractivity contribution in [2.75, 3.05) is 18.5 Å². The number of cyclic esters (lactones) is 1. The Kier molecular flexibility index (Phi) is 5.41. The van der Waals surface area contributed by atoms with Gasteiger partial charge in [0.1, 0.15) is 11.8 Å². The highest BCUT2D eigenvalue weighted by Gasteiger charge is 2.32. The minimum atomic E-state index is -0.209. The molecule has 1 atom stereocenters. The number of ether oxygens (including phenoxy) is 1. The Hall–Kier alpha value is -1.55. The number of benzene rings is 1. The van der Waals surface area contributed by atoms with E-state index in [1.54, 1.807) is 4.90 Å². The summed E-state index contributed by atoms with van der Waals surface area (Å²) in [6, 6.07) is 8.01. The minimum absolute atomic E-state index is 0.0496. The quantitative estimate of drug-likeness (QED) is 0.615. The van der Waals surface area contributed by atoms with Crippen molar-refractivity contribution >= 4 is 17.5 Å². The van der Waals surface area contributed by atoms with E-state index >= 15 is 0 Å². The van der Waals surface area contributed by atoms with E-state index in [4.69, 9.17) is 4.74 Å². The predicted molar refractivity (Wildman–Crippen MR) is 80.3 cm³/mol. The van der Waals surface area contributed by atoms with Gasteiger partial charge in [-0.15, -0.1) is 0 Å². The molecule has 2 N–H and O–H groups in total. The van der Waals surface area contributed by atoms with E-state index in [0.29, 0.717) is 6.54 Å². The summed E-state index contributed by atoms with van der Waals surface area (Å²) in [5, 5.41) is 2.03. The number of amides is 1. The lowest BCUT2D eigenvalue weighted by Gasteiger charge is -2.13. The Labute approximate surface area is 121 Å². The molecule has 0 bridgehead atoms. The summed E-state index contributed by atoms with van der Waals surface area (Å²) in [5.41, 5.74) is 2.06. The van der Waals surface area contributed by atoms with Crippen LogP contribution in [0.1, 0.15) is 39.0 Å². The number of unbranched alkanes of at least 4 members (excludes halogenated alkanes) is 3. The fraction of sp³-hybridized carbons (Fsp3) is 0.562. The van der Waals surface area contributed by atoms with Crippen molar-refractivity contribution in [3.8, 4) is 0 Å². The normalized spacial score (nSPS) is 18.4. The monoisotopic (exact) mass is 277 g/mol. The standard InChI is InChI=1S/C16H24N2O2/c1-3-4-5-6-10-15-12-18(16(19)20-15)14-9-7-8-13(11-14)17-2/h7-9,11,15,17H,3-6,10,12H2,1-2H3/p+1. The van der Waals surface area contributed by atoms with Gasteiger partial charge in [-0.05, 0) is 25.0 Å².